The Morgan fingerprint density at radius 1 is 1.08 bits per heavy atom. The van der Waals surface area contributed by atoms with Crippen molar-refractivity contribution in [1.82, 2.24) is 0 Å². The summed E-state index contributed by atoms with van der Waals surface area (Å²) < 4.78 is 0. The summed E-state index contributed by atoms with van der Waals surface area (Å²) in [4.78, 5) is 8.57. The fourth-order valence-corrected chi connectivity index (χ4v) is 1.25. The Morgan fingerprint density at radius 2 is 1.38 bits per heavy atom. The van der Waals surface area contributed by atoms with Gasteiger partial charge in [-0.3, -0.25) is 4.79 Å². The number of aryl methyl sites for hydroxylation is 3. The van der Waals surface area contributed by atoms with E-state index in [1.54, 1.807) is 0 Å². The van der Waals surface area contributed by atoms with Gasteiger partial charge in [-0.15, -0.1) is 0 Å². The van der Waals surface area contributed by atoms with Crippen molar-refractivity contribution in [2.45, 2.75) is 27.7 Å². The van der Waals surface area contributed by atoms with Gasteiger partial charge >= 0.3 is 0 Å². The van der Waals surface area contributed by atoms with Gasteiger partial charge < -0.3 is 0 Å². The molecule has 0 atom stereocenters. The van der Waals surface area contributed by atoms with Gasteiger partial charge in [-0.1, -0.05) is 17.7 Å². The van der Waals surface area contributed by atoms with Crippen LogP contribution in [0.25, 0.3) is 0 Å². The molecule has 13 heavy (non-hydrogen) atoms. The van der Waals surface area contributed by atoms with Gasteiger partial charge in [-0.25, -0.2) is 0 Å². The molecule has 1 aromatic rings. The first kappa shape index (κ1) is 12.2. The highest BCUT2D eigenvalue weighted by Crippen LogP contribution is 2.13. The second-order valence-electron chi connectivity index (χ2n) is 3.11. The number of hydrogen-bond acceptors (Lipinski definition) is 1. The number of carbonyl (C=O) groups is 1. The summed E-state index contributed by atoms with van der Waals surface area (Å²) >= 11 is 4.32. The second kappa shape index (κ2) is 5.76. The molecule has 1 aromatic carbocycles. The molecule has 0 unspecified atom stereocenters. The van der Waals surface area contributed by atoms with E-state index in [0.717, 1.165) is 0 Å². The largest absolute Gasteiger partial charge is 0.285 e. The predicted octanol–water partition coefficient (Wildman–Crippen LogP) is 3.34. The van der Waals surface area contributed by atoms with E-state index in [1.165, 1.54) is 22.3 Å². The lowest BCUT2D eigenvalue weighted by Crippen LogP contribution is -1.86. The minimum Gasteiger partial charge on any atom is -0.285 e. The van der Waals surface area contributed by atoms with E-state index in [0.29, 0.717) is 0 Å². The smallest absolute Gasteiger partial charge is 0.208 e. The molecule has 1 nitrogen and oxygen atoms in total. The van der Waals surface area contributed by atoms with E-state index < -0.39 is 0 Å². The van der Waals surface area contributed by atoms with Gasteiger partial charge in [0.1, 0.15) is 0 Å². The molecule has 0 amide bonds. The first-order valence-electron chi connectivity index (χ1n) is 4.11. The molecular formula is C11H15ClO. The summed E-state index contributed by atoms with van der Waals surface area (Å²) in [5.41, 5.74) is 5.58. The van der Waals surface area contributed by atoms with Crippen LogP contribution in [0.1, 0.15) is 22.3 Å². The highest BCUT2D eigenvalue weighted by molar-refractivity contribution is 6.54. The summed E-state index contributed by atoms with van der Waals surface area (Å²) in [6.45, 7) is 8.63. The molecule has 72 valence electrons. The van der Waals surface area contributed by atoms with Crippen molar-refractivity contribution in [2.75, 3.05) is 0 Å². The van der Waals surface area contributed by atoms with E-state index in [1.807, 2.05) is 0 Å². The van der Waals surface area contributed by atoms with E-state index in [-0.39, 0.29) is 5.75 Å². The van der Waals surface area contributed by atoms with Gasteiger partial charge in [0.25, 0.3) is 0 Å². The molecule has 0 spiro atoms. The Balaban J connectivity index is 0.000000424. The van der Waals surface area contributed by atoms with Crippen molar-refractivity contribution in [2.24, 2.45) is 0 Å². The van der Waals surface area contributed by atoms with Crippen LogP contribution in [-0.4, -0.2) is 5.75 Å². The molecular weight excluding hydrogens is 184 g/mol. The maximum Gasteiger partial charge on any atom is 0.208 e. The molecule has 0 radical (unpaired) electrons. The van der Waals surface area contributed by atoms with E-state index in [4.69, 9.17) is 4.79 Å². The summed E-state index contributed by atoms with van der Waals surface area (Å²) in [7, 11) is 0. The van der Waals surface area contributed by atoms with Crippen LogP contribution >= 0.6 is 11.6 Å². The zero-order valence-electron chi connectivity index (χ0n) is 8.52. The maximum atomic E-state index is 8.57. The lowest BCUT2D eigenvalue weighted by atomic mass is 10.0. The van der Waals surface area contributed by atoms with Crippen LogP contribution < -0.4 is 0 Å². The lowest BCUT2D eigenvalue weighted by molar-refractivity contribution is 0.569. The van der Waals surface area contributed by atoms with Crippen LogP contribution in [0, 0.1) is 27.7 Å². The Bertz CT molecular complexity index is 269. The molecule has 0 fully saturated rings. The quantitative estimate of drug-likeness (QED) is 0.462. The molecule has 0 bridgehead atoms. The predicted molar refractivity (Wildman–Crippen MR) is 58.0 cm³/mol. The fraction of sp³-hybridized carbons (Fsp3) is 0.364. The van der Waals surface area contributed by atoms with Gasteiger partial charge in [0.15, 0.2) is 0 Å². The van der Waals surface area contributed by atoms with Crippen molar-refractivity contribution >= 4 is 17.3 Å². The Kier molecular flexibility index (Phi) is 5.40. The Morgan fingerprint density at radius 3 is 1.69 bits per heavy atom. The average molecular weight is 199 g/mol. The third kappa shape index (κ3) is 4.09. The third-order valence-corrected chi connectivity index (χ3v) is 2.07. The summed E-state index contributed by atoms with van der Waals surface area (Å²) in [6, 6.07) is 4.45. The van der Waals surface area contributed by atoms with E-state index >= 15 is 0 Å². The molecule has 0 aliphatic carbocycles. The van der Waals surface area contributed by atoms with Crippen molar-refractivity contribution in [3.05, 3.63) is 34.4 Å². The number of halogens is 1. The topological polar surface area (TPSA) is 17.1 Å². The maximum absolute atomic E-state index is 8.57. The molecule has 2 heteroatoms. The molecule has 0 aromatic heterocycles. The molecule has 0 N–H and O–H groups in total. The normalized spacial score (nSPS) is 8.69. The summed E-state index contributed by atoms with van der Waals surface area (Å²) in [5.74, 6) is 0.222. The van der Waals surface area contributed by atoms with Gasteiger partial charge in [-0.2, -0.15) is 0 Å². The average Bonchev–Trinajstić information content (AvgIpc) is 2.01. The zero-order valence-corrected chi connectivity index (χ0v) is 9.27. The number of benzene rings is 1. The molecule has 0 heterocycles. The number of rotatable bonds is 0. The van der Waals surface area contributed by atoms with Crippen molar-refractivity contribution in [3.63, 3.8) is 0 Å². The van der Waals surface area contributed by atoms with Gasteiger partial charge in [0.2, 0.25) is 5.75 Å². The molecule has 0 saturated carbocycles. The summed E-state index contributed by atoms with van der Waals surface area (Å²) in [6.07, 6.45) is 0. The SMILES string of the molecule is Cc1cc(C)c(C)c(C)c1.O=CCl. The third-order valence-electron chi connectivity index (χ3n) is 2.07. The molecule has 0 aliphatic rings. The fourth-order valence-electron chi connectivity index (χ4n) is 1.25. The first-order chi connectivity index (χ1) is 6.02. The Hall–Kier alpha value is -0.820. The minimum absolute atomic E-state index is 0.222. The highest BCUT2D eigenvalue weighted by Gasteiger charge is 1.95. The van der Waals surface area contributed by atoms with Gasteiger partial charge in [0, 0.05) is 0 Å². The number of carbonyl (C=O) groups excluding carboxylic acids is 1. The molecule has 1 rings (SSSR count). The van der Waals surface area contributed by atoms with E-state index in [9.17, 15) is 0 Å². The summed E-state index contributed by atoms with van der Waals surface area (Å²) in [5, 5.41) is 0. The van der Waals surface area contributed by atoms with Crippen LogP contribution in [0.3, 0.4) is 0 Å². The molecule has 0 aliphatic heterocycles. The highest BCUT2D eigenvalue weighted by atomic mass is 35.5. The first-order valence-corrected chi connectivity index (χ1v) is 4.55. The number of hydrogen-bond donors (Lipinski definition) is 0. The van der Waals surface area contributed by atoms with Crippen LogP contribution in [-0.2, 0) is 4.79 Å². The Labute approximate surface area is 84.7 Å². The zero-order chi connectivity index (χ0) is 10.4. The van der Waals surface area contributed by atoms with Crippen molar-refractivity contribution in [3.8, 4) is 0 Å². The van der Waals surface area contributed by atoms with Crippen LogP contribution in [0.2, 0.25) is 0 Å². The van der Waals surface area contributed by atoms with Crippen LogP contribution in [0.4, 0.5) is 0 Å². The van der Waals surface area contributed by atoms with E-state index in [2.05, 4.69) is 51.4 Å². The van der Waals surface area contributed by atoms with Crippen molar-refractivity contribution in [1.29, 1.82) is 0 Å². The minimum atomic E-state index is 0.222. The van der Waals surface area contributed by atoms with Gasteiger partial charge in [0.05, 0.1) is 0 Å². The van der Waals surface area contributed by atoms with Gasteiger partial charge in [-0.05, 0) is 56.0 Å². The second-order valence-corrected chi connectivity index (χ2v) is 3.29. The van der Waals surface area contributed by atoms with Crippen molar-refractivity contribution < 1.29 is 4.79 Å². The lowest BCUT2D eigenvalue weighted by Gasteiger charge is -2.04. The molecule has 0 saturated heterocycles. The standard InChI is InChI=1S/C10H14.CHClO/c1-7-5-8(2)10(4)9(3)6-7;2-1-3/h5-6H,1-4H3;1H. The monoisotopic (exact) mass is 198 g/mol. The van der Waals surface area contributed by atoms with Crippen LogP contribution in [0.5, 0.6) is 0 Å². The van der Waals surface area contributed by atoms with Crippen LogP contribution in [0.15, 0.2) is 12.1 Å².